The number of hydrogen-bond donors (Lipinski definition) is 1. The molecule has 1 aliphatic rings. The van der Waals surface area contributed by atoms with E-state index in [0.29, 0.717) is 0 Å². The SMILES string of the molecule is NC1CCCN1C(=O)c1ccccc1. The van der Waals surface area contributed by atoms with Crippen LogP contribution in [-0.4, -0.2) is 23.5 Å². The predicted molar refractivity (Wildman–Crippen MR) is 54.7 cm³/mol. The molecule has 1 aromatic rings. The van der Waals surface area contributed by atoms with Gasteiger partial charge in [0.25, 0.3) is 5.91 Å². The minimum Gasteiger partial charge on any atom is -0.323 e. The van der Waals surface area contributed by atoms with Crippen molar-refractivity contribution in [2.24, 2.45) is 5.73 Å². The molecule has 0 radical (unpaired) electrons. The first-order valence-electron chi connectivity index (χ1n) is 4.90. The summed E-state index contributed by atoms with van der Waals surface area (Å²) in [4.78, 5) is 13.6. The van der Waals surface area contributed by atoms with Gasteiger partial charge in [0.15, 0.2) is 0 Å². The summed E-state index contributed by atoms with van der Waals surface area (Å²) in [5.74, 6) is 0.0515. The molecule has 1 aromatic carbocycles. The van der Waals surface area contributed by atoms with Gasteiger partial charge in [-0.3, -0.25) is 4.79 Å². The molecule has 2 N–H and O–H groups in total. The summed E-state index contributed by atoms with van der Waals surface area (Å²) in [6.07, 6.45) is 1.83. The second-order valence-electron chi connectivity index (χ2n) is 3.57. The number of likely N-dealkylation sites (tertiary alicyclic amines) is 1. The minimum absolute atomic E-state index is 0.0515. The summed E-state index contributed by atoms with van der Waals surface area (Å²) < 4.78 is 0. The first-order valence-corrected chi connectivity index (χ1v) is 4.90. The molecule has 74 valence electrons. The Hall–Kier alpha value is -1.35. The van der Waals surface area contributed by atoms with Gasteiger partial charge in [-0.2, -0.15) is 0 Å². The first-order chi connectivity index (χ1) is 6.79. The molecule has 0 saturated carbocycles. The van der Waals surface area contributed by atoms with E-state index in [9.17, 15) is 4.79 Å². The van der Waals surface area contributed by atoms with Gasteiger partial charge in [0.05, 0.1) is 6.17 Å². The van der Waals surface area contributed by atoms with Crippen molar-refractivity contribution in [3.63, 3.8) is 0 Å². The minimum atomic E-state index is -0.0947. The molecular formula is C11H14N2O. The van der Waals surface area contributed by atoms with Crippen LogP contribution in [0.1, 0.15) is 23.2 Å². The van der Waals surface area contributed by atoms with E-state index in [1.165, 1.54) is 0 Å². The van der Waals surface area contributed by atoms with Crippen LogP contribution in [0.4, 0.5) is 0 Å². The van der Waals surface area contributed by atoms with Crippen LogP contribution in [0.2, 0.25) is 0 Å². The molecule has 0 aliphatic carbocycles. The molecular weight excluding hydrogens is 176 g/mol. The smallest absolute Gasteiger partial charge is 0.255 e. The van der Waals surface area contributed by atoms with Crippen LogP contribution < -0.4 is 5.73 Å². The zero-order chi connectivity index (χ0) is 9.97. The van der Waals surface area contributed by atoms with Crippen LogP contribution in [0.5, 0.6) is 0 Å². The number of nitrogens with two attached hydrogens (primary N) is 1. The van der Waals surface area contributed by atoms with Gasteiger partial charge in [-0.1, -0.05) is 18.2 Å². The fourth-order valence-electron chi connectivity index (χ4n) is 1.79. The molecule has 0 bridgehead atoms. The monoisotopic (exact) mass is 190 g/mol. The van der Waals surface area contributed by atoms with E-state index in [2.05, 4.69) is 0 Å². The van der Waals surface area contributed by atoms with Crippen molar-refractivity contribution in [1.29, 1.82) is 0 Å². The highest BCUT2D eigenvalue weighted by Crippen LogP contribution is 2.16. The van der Waals surface area contributed by atoms with Crippen molar-refractivity contribution >= 4 is 5.91 Å². The Labute approximate surface area is 83.5 Å². The highest BCUT2D eigenvalue weighted by atomic mass is 16.2. The molecule has 0 spiro atoms. The van der Waals surface area contributed by atoms with Crippen LogP contribution in [-0.2, 0) is 0 Å². The van der Waals surface area contributed by atoms with E-state index in [-0.39, 0.29) is 12.1 Å². The van der Waals surface area contributed by atoms with Crippen molar-refractivity contribution in [3.05, 3.63) is 35.9 Å². The van der Waals surface area contributed by atoms with Gasteiger partial charge in [0.2, 0.25) is 0 Å². The number of carbonyl (C=O) groups excluding carboxylic acids is 1. The third-order valence-corrected chi connectivity index (χ3v) is 2.58. The average molecular weight is 190 g/mol. The zero-order valence-corrected chi connectivity index (χ0v) is 8.02. The number of hydrogen-bond acceptors (Lipinski definition) is 2. The van der Waals surface area contributed by atoms with Crippen LogP contribution in [0.15, 0.2) is 30.3 Å². The molecule has 1 unspecified atom stereocenters. The van der Waals surface area contributed by atoms with Crippen LogP contribution in [0.25, 0.3) is 0 Å². The lowest BCUT2D eigenvalue weighted by atomic mass is 10.2. The van der Waals surface area contributed by atoms with Crippen LogP contribution in [0.3, 0.4) is 0 Å². The maximum absolute atomic E-state index is 11.9. The van der Waals surface area contributed by atoms with E-state index in [1.54, 1.807) is 4.90 Å². The third kappa shape index (κ3) is 1.63. The van der Waals surface area contributed by atoms with E-state index in [1.807, 2.05) is 30.3 Å². The highest BCUT2D eigenvalue weighted by Gasteiger charge is 2.25. The van der Waals surface area contributed by atoms with Crippen LogP contribution >= 0.6 is 0 Å². The van der Waals surface area contributed by atoms with Gasteiger partial charge in [0.1, 0.15) is 0 Å². The van der Waals surface area contributed by atoms with Gasteiger partial charge >= 0.3 is 0 Å². The number of rotatable bonds is 1. The van der Waals surface area contributed by atoms with E-state index in [4.69, 9.17) is 5.73 Å². The molecule has 14 heavy (non-hydrogen) atoms. The Morgan fingerprint density at radius 1 is 1.36 bits per heavy atom. The summed E-state index contributed by atoms with van der Waals surface area (Å²) in [5.41, 5.74) is 6.55. The Morgan fingerprint density at radius 3 is 2.64 bits per heavy atom. The largest absolute Gasteiger partial charge is 0.323 e. The molecule has 1 aliphatic heterocycles. The van der Waals surface area contributed by atoms with Crippen molar-refractivity contribution in [2.45, 2.75) is 19.0 Å². The summed E-state index contributed by atoms with van der Waals surface area (Å²) in [6.45, 7) is 0.787. The summed E-state index contributed by atoms with van der Waals surface area (Å²) in [7, 11) is 0. The van der Waals surface area contributed by atoms with E-state index < -0.39 is 0 Å². The normalized spacial score (nSPS) is 21.2. The quantitative estimate of drug-likeness (QED) is 0.723. The number of amides is 1. The fourth-order valence-corrected chi connectivity index (χ4v) is 1.79. The van der Waals surface area contributed by atoms with Crippen molar-refractivity contribution in [3.8, 4) is 0 Å². The lowest BCUT2D eigenvalue weighted by molar-refractivity contribution is 0.0740. The molecule has 1 atom stereocenters. The van der Waals surface area contributed by atoms with Gasteiger partial charge in [0, 0.05) is 12.1 Å². The van der Waals surface area contributed by atoms with Crippen LogP contribution in [0, 0.1) is 0 Å². The van der Waals surface area contributed by atoms with Crippen molar-refractivity contribution < 1.29 is 4.79 Å². The van der Waals surface area contributed by atoms with Crippen molar-refractivity contribution in [1.82, 2.24) is 4.90 Å². The highest BCUT2D eigenvalue weighted by molar-refractivity contribution is 5.94. The Bertz CT molecular complexity index is 323. The fraction of sp³-hybridized carbons (Fsp3) is 0.364. The Kier molecular flexibility index (Phi) is 2.50. The molecule has 2 rings (SSSR count). The molecule has 3 nitrogen and oxygen atoms in total. The molecule has 3 heteroatoms. The molecule has 1 saturated heterocycles. The maximum Gasteiger partial charge on any atom is 0.255 e. The van der Waals surface area contributed by atoms with Gasteiger partial charge in [-0.15, -0.1) is 0 Å². The molecule has 1 amide bonds. The second-order valence-corrected chi connectivity index (χ2v) is 3.57. The van der Waals surface area contributed by atoms with E-state index in [0.717, 1.165) is 24.9 Å². The maximum atomic E-state index is 11.9. The lowest BCUT2D eigenvalue weighted by Crippen LogP contribution is -2.40. The predicted octanol–water partition coefficient (Wildman–Crippen LogP) is 1.21. The molecule has 0 aromatic heterocycles. The van der Waals surface area contributed by atoms with Gasteiger partial charge in [-0.05, 0) is 25.0 Å². The standard InChI is InChI=1S/C11H14N2O/c12-10-7-4-8-13(10)11(14)9-5-2-1-3-6-9/h1-3,5-6,10H,4,7-8,12H2. The molecule has 1 fully saturated rings. The third-order valence-electron chi connectivity index (χ3n) is 2.58. The van der Waals surface area contributed by atoms with E-state index >= 15 is 0 Å². The Morgan fingerprint density at radius 2 is 2.07 bits per heavy atom. The zero-order valence-electron chi connectivity index (χ0n) is 8.02. The number of carbonyl (C=O) groups is 1. The van der Waals surface area contributed by atoms with Crippen molar-refractivity contribution in [2.75, 3.05) is 6.54 Å². The number of nitrogens with zero attached hydrogens (tertiary/aromatic N) is 1. The topological polar surface area (TPSA) is 46.3 Å². The summed E-state index contributed by atoms with van der Waals surface area (Å²) >= 11 is 0. The lowest BCUT2D eigenvalue weighted by Gasteiger charge is -2.20. The summed E-state index contributed by atoms with van der Waals surface area (Å²) in [5, 5.41) is 0. The number of benzene rings is 1. The first kappa shape index (κ1) is 9.21. The van der Waals surface area contributed by atoms with Gasteiger partial charge in [-0.25, -0.2) is 0 Å². The summed E-state index contributed by atoms with van der Waals surface area (Å²) in [6, 6.07) is 9.30. The average Bonchev–Trinajstić information content (AvgIpc) is 2.65. The van der Waals surface area contributed by atoms with Gasteiger partial charge < -0.3 is 10.6 Å². The molecule has 1 heterocycles. The second kappa shape index (κ2) is 3.80. The Balaban J connectivity index is 2.16.